The topological polar surface area (TPSA) is 38.5 Å². The van der Waals surface area contributed by atoms with E-state index in [1.807, 2.05) is 6.07 Å². The second-order valence-corrected chi connectivity index (χ2v) is 5.80. The van der Waals surface area contributed by atoms with E-state index in [2.05, 4.69) is 17.9 Å². The number of halogens is 1. The van der Waals surface area contributed by atoms with Gasteiger partial charge >= 0.3 is 0 Å². The molecule has 2 atom stereocenters. The van der Waals surface area contributed by atoms with Gasteiger partial charge in [0.2, 0.25) is 0 Å². The maximum atomic E-state index is 5.97. The summed E-state index contributed by atoms with van der Waals surface area (Å²) in [6.45, 7) is 5.33. The highest BCUT2D eigenvalue weighted by Gasteiger charge is 2.27. The Morgan fingerprint density at radius 3 is 3.06 bits per heavy atom. The summed E-state index contributed by atoms with van der Waals surface area (Å²) in [5, 5.41) is 0. The van der Waals surface area contributed by atoms with Gasteiger partial charge in [0.1, 0.15) is 0 Å². The van der Waals surface area contributed by atoms with Crippen LogP contribution in [-0.4, -0.2) is 37.2 Å². The molecular formula is C11H17ClN2OS. The summed E-state index contributed by atoms with van der Waals surface area (Å²) in [7, 11) is 0. The van der Waals surface area contributed by atoms with E-state index in [1.54, 1.807) is 11.3 Å². The van der Waals surface area contributed by atoms with Crippen molar-refractivity contribution in [2.75, 3.05) is 26.3 Å². The summed E-state index contributed by atoms with van der Waals surface area (Å²) >= 11 is 7.59. The fraction of sp³-hybridized carbons (Fsp3) is 0.636. The van der Waals surface area contributed by atoms with Crippen molar-refractivity contribution in [1.29, 1.82) is 0 Å². The second kappa shape index (κ2) is 5.47. The number of nitrogens with two attached hydrogens (primary N) is 1. The number of morpholine rings is 1. The van der Waals surface area contributed by atoms with Crippen molar-refractivity contribution >= 4 is 22.9 Å². The first-order valence-corrected chi connectivity index (χ1v) is 6.70. The molecule has 1 saturated heterocycles. The second-order valence-electron chi connectivity index (χ2n) is 4.06. The van der Waals surface area contributed by atoms with Crippen LogP contribution >= 0.6 is 22.9 Å². The van der Waals surface area contributed by atoms with Crippen LogP contribution in [0.3, 0.4) is 0 Å². The monoisotopic (exact) mass is 260 g/mol. The predicted molar refractivity (Wildman–Crippen MR) is 68.1 cm³/mol. The minimum absolute atomic E-state index is 0.274. The first-order valence-electron chi connectivity index (χ1n) is 5.51. The summed E-state index contributed by atoms with van der Waals surface area (Å²) < 4.78 is 6.27. The van der Waals surface area contributed by atoms with Gasteiger partial charge in [0.05, 0.1) is 23.6 Å². The van der Waals surface area contributed by atoms with E-state index in [-0.39, 0.29) is 6.04 Å². The van der Waals surface area contributed by atoms with E-state index in [0.29, 0.717) is 12.6 Å². The molecule has 1 aromatic rings. The lowest BCUT2D eigenvalue weighted by Crippen LogP contribution is -2.47. The molecule has 0 radical (unpaired) electrons. The van der Waals surface area contributed by atoms with E-state index < -0.39 is 0 Å². The van der Waals surface area contributed by atoms with E-state index in [4.69, 9.17) is 22.1 Å². The number of ether oxygens (including phenoxy) is 1. The van der Waals surface area contributed by atoms with Gasteiger partial charge in [0.25, 0.3) is 0 Å². The molecule has 2 unspecified atom stereocenters. The van der Waals surface area contributed by atoms with Crippen molar-refractivity contribution in [2.45, 2.75) is 19.0 Å². The molecule has 2 N–H and O–H groups in total. The molecule has 90 valence electrons. The molecule has 0 saturated carbocycles. The Labute approximate surface area is 105 Å². The number of rotatable bonds is 3. The van der Waals surface area contributed by atoms with Crippen LogP contribution in [-0.2, 0) is 4.74 Å². The van der Waals surface area contributed by atoms with Crippen LogP contribution in [0.4, 0.5) is 0 Å². The summed E-state index contributed by atoms with van der Waals surface area (Å²) in [6.07, 6.45) is 0. The number of thiophene rings is 1. The lowest BCUT2D eigenvalue weighted by Gasteiger charge is -2.38. The standard InChI is InChI=1S/C11H17ClN2OS/c1-8-7-15-5-4-14(8)9(6-13)10-2-3-11(12)16-10/h2-3,8-9H,4-7,13H2,1H3. The van der Waals surface area contributed by atoms with Crippen molar-refractivity contribution in [1.82, 2.24) is 4.90 Å². The Bertz CT molecular complexity index is 344. The molecule has 0 bridgehead atoms. The molecule has 1 aromatic heterocycles. The minimum Gasteiger partial charge on any atom is -0.379 e. The third-order valence-corrected chi connectivity index (χ3v) is 4.30. The highest BCUT2D eigenvalue weighted by molar-refractivity contribution is 7.16. The molecule has 2 rings (SSSR count). The third-order valence-electron chi connectivity index (χ3n) is 2.97. The molecule has 3 nitrogen and oxygen atoms in total. The summed E-state index contributed by atoms with van der Waals surface area (Å²) in [6, 6.07) is 4.71. The van der Waals surface area contributed by atoms with Crippen LogP contribution in [0.5, 0.6) is 0 Å². The molecule has 2 heterocycles. The van der Waals surface area contributed by atoms with Crippen LogP contribution in [0.15, 0.2) is 12.1 Å². The Morgan fingerprint density at radius 2 is 2.50 bits per heavy atom. The Morgan fingerprint density at radius 1 is 1.69 bits per heavy atom. The van der Waals surface area contributed by atoms with Gasteiger partial charge in [-0.15, -0.1) is 11.3 Å². The Hall–Kier alpha value is -0.130. The SMILES string of the molecule is CC1COCCN1C(CN)c1ccc(Cl)s1. The maximum Gasteiger partial charge on any atom is 0.0931 e. The van der Waals surface area contributed by atoms with Crippen LogP contribution in [0.1, 0.15) is 17.8 Å². The molecule has 0 spiro atoms. The van der Waals surface area contributed by atoms with Gasteiger partial charge in [-0.05, 0) is 19.1 Å². The molecule has 16 heavy (non-hydrogen) atoms. The van der Waals surface area contributed by atoms with Crippen molar-refractivity contribution in [3.8, 4) is 0 Å². The summed E-state index contributed by atoms with van der Waals surface area (Å²) in [5.74, 6) is 0. The van der Waals surface area contributed by atoms with Gasteiger partial charge in [0.15, 0.2) is 0 Å². The van der Waals surface area contributed by atoms with Crippen LogP contribution in [0, 0.1) is 0 Å². The van der Waals surface area contributed by atoms with Crippen LogP contribution < -0.4 is 5.73 Å². The fourth-order valence-corrected chi connectivity index (χ4v) is 3.32. The molecule has 0 aliphatic carbocycles. The molecule has 1 aliphatic heterocycles. The number of hydrogen-bond donors (Lipinski definition) is 1. The van der Waals surface area contributed by atoms with Crippen molar-refractivity contribution < 1.29 is 4.74 Å². The summed E-state index contributed by atoms with van der Waals surface area (Å²) in [5.41, 5.74) is 5.89. The average molecular weight is 261 g/mol. The maximum absolute atomic E-state index is 5.97. The van der Waals surface area contributed by atoms with E-state index in [9.17, 15) is 0 Å². The lowest BCUT2D eigenvalue weighted by molar-refractivity contribution is -0.0202. The van der Waals surface area contributed by atoms with Crippen LogP contribution in [0.2, 0.25) is 4.34 Å². The first kappa shape index (κ1) is 12.3. The van der Waals surface area contributed by atoms with Gasteiger partial charge < -0.3 is 10.5 Å². The Balaban J connectivity index is 2.14. The largest absolute Gasteiger partial charge is 0.379 e. The zero-order valence-electron chi connectivity index (χ0n) is 9.36. The zero-order valence-corrected chi connectivity index (χ0v) is 10.9. The van der Waals surface area contributed by atoms with Crippen molar-refractivity contribution in [3.63, 3.8) is 0 Å². The number of hydrogen-bond acceptors (Lipinski definition) is 4. The first-order chi connectivity index (χ1) is 7.72. The molecule has 0 aromatic carbocycles. The summed E-state index contributed by atoms with van der Waals surface area (Å²) in [4.78, 5) is 3.66. The molecule has 5 heteroatoms. The highest BCUT2D eigenvalue weighted by Crippen LogP contribution is 2.31. The average Bonchev–Trinajstić information content (AvgIpc) is 2.69. The lowest BCUT2D eigenvalue weighted by atomic mass is 10.1. The smallest absolute Gasteiger partial charge is 0.0931 e. The quantitative estimate of drug-likeness (QED) is 0.905. The van der Waals surface area contributed by atoms with Gasteiger partial charge in [0, 0.05) is 24.0 Å². The van der Waals surface area contributed by atoms with E-state index >= 15 is 0 Å². The normalized spacial score (nSPS) is 24.6. The third kappa shape index (κ3) is 2.57. The molecular weight excluding hydrogens is 244 g/mol. The zero-order chi connectivity index (χ0) is 11.5. The van der Waals surface area contributed by atoms with E-state index in [0.717, 1.165) is 24.1 Å². The molecule has 1 aliphatic rings. The van der Waals surface area contributed by atoms with Gasteiger partial charge in [-0.25, -0.2) is 0 Å². The van der Waals surface area contributed by atoms with Crippen LogP contribution in [0.25, 0.3) is 0 Å². The minimum atomic E-state index is 0.274. The van der Waals surface area contributed by atoms with Gasteiger partial charge in [-0.3, -0.25) is 4.90 Å². The van der Waals surface area contributed by atoms with Gasteiger partial charge in [-0.2, -0.15) is 0 Å². The van der Waals surface area contributed by atoms with Crippen molar-refractivity contribution in [2.24, 2.45) is 5.73 Å². The highest BCUT2D eigenvalue weighted by atomic mass is 35.5. The van der Waals surface area contributed by atoms with Crippen molar-refractivity contribution in [3.05, 3.63) is 21.3 Å². The fourth-order valence-electron chi connectivity index (χ4n) is 2.13. The molecule has 1 fully saturated rings. The predicted octanol–water partition coefficient (Wildman–Crippen LogP) is 2.12. The Kier molecular flexibility index (Phi) is 4.21. The number of nitrogens with zero attached hydrogens (tertiary/aromatic N) is 1. The van der Waals surface area contributed by atoms with E-state index in [1.165, 1.54) is 4.88 Å². The molecule has 0 amide bonds. The van der Waals surface area contributed by atoms with Gasteiger partial charge in [-0.1, -0.05) is 11.6 Å².